The van der Waals surface area contributed by atoms with E-state index in [0.29, 0.717) is 49.5 Å². The Labute approximate surface area is 179 Å². The average Bonchev–Trinajstić information content (AvgIpc) is 2.76. The van der Waals surface area contributed by atoms with Gasteiger partial charge in [-0.3, -0.25) is 9.59 Å². The fraction of sp³-hybridized carbons (Fsp3) is 0.429. The number of hydrogen-bond acceptors (Lipinski definition) is 7. The Balaban J connectivity index is 1.76. The highest BCUT2D eigenvalue weighted by atomic mass is 35.5. The highest BCUT2D eigenvalue weighted by Gasteiger charge is 2.27. The van der Waals surface area contributed by atoms with Gasteiger partial charge in [0.1, 0.15) is 5.02 Å². The zero-order valence-electron chi connectivity index (χ0n) is 17.0. The summed E-state index contributed by atoms with van der Waals surface area (Å²) in [5, 5.41) is 4.31. The summed E-state index contributed by atoms with van der Waals surface area (Å²) in [5.74, 6) is -0.738. The molecule has 1 fully saturated rings. The molecule has 0 atom stereocenters. The van der Waals surface area contributed by atoms with Crippen molar-refractivity contribution in [3.63, 3.8) is 0 Å². The molecule has 160 valence electrons. The number of piperidine rings is 1. The molecule has 0 radical (unpaired) electrons. The van der Waals surface area contributed by atoms with Crippen LogP contribution in [-0.4, -0.2) is 48.0 Å². The molecule has 0 unspecified atom stereocenters. The minimum absolute atomic E-state index is 0.0639. The number of ether oxygens (including phenoxy) is 2. The van der Waals surface area contributed by atoms with E-state index in [-0.39, 0.29) is 23.5 Å². The number of nitrogens with zero attached hydrogens (tertiary/aromatic N) is 3. The fourth-order valence-corrected chi connectivity index (χ4v) is 3.65. The second-order valence-corrected chi connectivity index (χ2v) is 7.22. The van der Waals surface area contributed by atoms with Crippen LogP contribution in [0, 0.1) is 5.92 Å². The first-order valence-electron chi connectivity index (χ1n) is 9.93. The molecule has 1 aromatic carbocycles. The number of benzene rings is 1. The molecule has 8 nitrogen and oxygen atoms in total. The topological polar surface area (TPSA) is 90.7 Å². The van der Waals surface area contributed by atoms with Crippen LogP contribution in [0.15, 0.2) is 35.3 Å². The molecule has 1 aliphatic rings. The van der Waals surface area contributed by atoms with E-state index in [1.165, 1.54) is 4.68 Å². The quantitative estimate of drug-likeness (QED) is 0.647. The first-order valence-corrected chi connectivity index (χ1v) is 10.3. The summed E-state index contributed by atoms with van der Waals surface area (Å²) in [6, 6.07) is 6.37. The molecule has 2 heterocycles. The smallest absolute Gasteiger partial charge is 0.338 e. The summed E-state index contributed by atoms with van der Waals surface area (Å²) < 4.78 is 11.2. The van der Waals surface area contributed by atoms with Gasteiger partial charge in [0.25, 0.3) is 5.56 Å². The Hall–Kier alpha value is -2.87. The first-order chi connectivity index (χ1) is 14.5. The third kappa shape index (κ3) is 4.64. The maximum Gasteiger partial charge on any atom is 0.338 e. The Bertz CT molecular complexity index is 966. The van der Waals surface area contributed by atoms with Crippen molar-refractivity contribution >= 4 is 29.2 Å². The van der Waals surface area contributed by atoms with Crippen LogP contribution < -0.4 is 10.5 Å². The molecule has 0 aliphatic carbocycles. The maximum absolute atomic E-state index is 12.8. The van der Waals surface area contributed by atoms with Gasteiger partial charge in [0.05, 0.1) is 42.3 Å². The number of rotatable bonds is 6. The summed E-state index contributed by atoms with van der Waals surface area (Å²) in [4.78, 5) is 38.4. The van der Waals surface area contributed by atoms with Crippen LogP contribution in [0.5, 0.6) is 0 Å². The number of halogens is 1. The van der Waals surface area contributed by atoms with Gasteiger partial charge >= 0.3 is 11.9 Å². The van der Waals surface area contributed by atoms with Crippen molar-refractivity contribution in [3.8, 4) is 5.69 Å². The van der Waals surface area contributed by atoms with Gasteiger partial charge in [-0.25, -0.2) is 4.79 Å². The summed E-state index contributed by atoms with van der Waals surface area (Å²) in [5.41, 5.74) is 0.970. The van der Waals surface area contributed by atoms with Crippen molar-refractivity contribution in [1.29, 1.82) is 0 Å². The van der Waals surface area contributed by atoms with Crippen molar-refractivity contribution in [1.82, 2.24) is 9.78 Å². The molecule has 9 heteroatoms. The minimum Gasteiger partial charge on any atom is -0.466 e. The third-order valence-corrected chi connectivity index (χ3v) is 5.33. The lowest BCUT2D eigenvalue weighted by molar-refractivity contribution is -0.148. The number of carbonyl (C=O) groups excluding carboxylic acids is 2. The monoisotopic (exact) mass is 433 g/mol. The summed E-state index contributed by atoms with van der Waals surface area (Å²) in [6.07, 6.45) is 2.81. The van der Waals surface area contributed by atoms with Gasteiger partial charge < -0.3 is 14.4 Å². The van der Waals surface area contributed by atoms with E-state index in [1.807, 2.05) is 4.90 Å². The van der Waals surface area contributed by atoms with Gasteiger partial charge in [-0.15, -0.1) is 0 Å². The number of esters is 2. The van der Waals surface area contributed by atoms with Crippen molar-refractivity contribution in [2.24, 2.45) is 5.92 Å². The molecular weight excluding hydrogens is 410 g/mol. The zero-order chi connectivity index (χ0) is 21.7. The predicted molar refractivity (Wildman–Crippen MR) is 112 cm³/mol. The Morgan fingerprint density at radius 3 is 2.33 bits per heavy atom. The van der Waals surface area contributed by atoms with Crippen LogP contribution >= 0.6 is 11.6 Å². The molecule has 1 aromatic heterocycles. The second-order valence-electron chi connectivity index (χ2n) is 6.84. The van der Waals surface area contributed by atoms with Gasteiger partial charge in [-0.1, -0.05) is 11.6 Å². The number of carbonyl (C=O) groups is 2. The Kier molecular flexibility index (Phi) is 7.10. The SMILES string of the molecule is CCOC(=O)c1ccc(-n2ncc(N3CCC(C(=O)OCC)CC3)c(Cl)c2=O)cc1. The van der Waals surface area contributed by atoms with E-state index < -0.39 is 11.5 Å². The first kappa shape index (κ1) is 21.8. The van der Waals surface area contributed by atoms with Gasteiger partial charge in [-0.2, -0.15) is 9.78 Å². The molecule has 0 saturated carbocycles. The molecule has 0 N–H and O–H groups in total. The largest absolute Gasteiger partial charge is 0.466 e. The zero-order valence-corrected chi connectivity index (χ0v) is 17.7. The molecular formula is C21H24ClN3O5. The van der Waals surface area contributed by atoms with Crippen molar-refractivity contribution < 1.29 is 19.1 Å². The molecule has 0 amide bonds. The summed E-state index contributed by atoms with van der Waals surface area (Å²) in [6.45, 7) is 5.35. The Morgan fingerprint density at radius 2 is 1.73 bits per heavy atom. The maximum atomic E-state index is 12.8. The fourth-order valence-electron chi connectivity index (χ4n) is 3.40. The number of hydrogen-bond donors (Lipinski definition) is 0. The number of anilines is 1. The Morgan fingerprint density at radius 1 is 1.10 bits per heavy atom. The van der Waals surface area contributed by atoms with Gasteiger partial charge in [0.2, 0.25) is 0 Å². The van der Waals surface area contributed by atoms with Crippen LogP contribution in [-0.2, 0) is 14.3 Å². The molecule has 1 saturated heterocycles. The average molecular weight is 434 g/mol. The van der Waals surface area contributed by atoms with E-state index in [2.05, 4.69) is 5.10 Å². The van der Waals surface area contributed by atoms with E-state index in [1.54, 1.807) is 44.3 Å². The molecule has 1 aliphatic heterocycles. The standard InChI is InChI=1S/C21H24ClN3O5/c1-3-29-20(27)14-5-7-16(8-6-14)25-19(26)18(22)17(13-23-25)24-11-9-15(10-12-24)21(28)30-4-2/h5-8,13,15H,3-4,9-12H2,1-2H3. The van der Waals surface area contributed by atoms with Gasteiger partial charge in [-0.05, 0) is 51.0 Å². The van der Waals surface area contributed by atoms with E-state index >= 15 is 0 Å². The van der Waals surface area contributed by atoms with Crippen LogP contribution in [0.2, 0.25) is 5.02 Å². The van der Waals surface area contributed by atoms with Crippen LogP contribution in [0.4, 0.5) is 5.69 Å². The van der Waals surface area contributed by atoms with Crippen LogP contribution in [0.3, 0.4) is 0 Å². The van der Waals surface area contributed by atoms with Gasteiger partial charge in [0.15, 0.2) is 0 Å². The molecule has 30 heavy (non-hydrogen) atoms. The van der Waals surface area contributed by atoms with Crippen molar-refractivity contribution in [2.45, 2.75) is 26.7 Å². The molecule has 0 bridgehead atoms. The summed E-state index contributed by atoms with van der Waals surface area (Å²) >= 11 is 6.37. The van der Waals surface area contributed by atoms with Crippen molar-refractivity contribution in [3.05, 3.63) is 51.4 Å². The molecule has 3 rings (SSSR count). The highest BCUT2D eigenvalue weighted by Crippen LogP contribution is 2.27. The number of aromatic nitrogens is 2. The van der Waals surface area contributed by atoms with Crippen LogP contribution in [0.25, 0.3) is 5.69 Å². The molecule has 2 aromatic rings. The summed E-state index contributed by atoms with van der Waals surface area (Å²) in [7, 11) is 0. The van der Waals surface area contributed by atoms with E-state index in [4.69, 9.17) is 21.1 Å². The lowest BCUT2D eigenvalue weighted by Crippen LogP contribution is -2.38. The minimum atomic E-state index is -0.453. The van der Waals surface area contributed by atoms with Gasteiger partial charge in [0, 0.05) is 13.1 Å². The lowest BCUT2D eigenvalue weighted by Gasteiger charge is -2.32. The van der Waals surface area contributed by atoms with E-state index in [0.717, 1.165) is 0 Å². The molecule has 0 spiro atoms. The predicted octanol–water partition coefficient (Wildman–Crippen LogP) is 2.84. The second kappa shape index (κ2) is 9.75. The third-order valence-electron chi connectivity index (χ3n) is 4.98. The highest BCUT2D eigenvalue weighted by molar-refractivity contribution is 6.33. The van der Waals surface area contributed by atoms with Crippen LogP contribution in [0.1, 0.15) is 37.0 Å². The normalized spacial score (nSPS) is 14.4. The van der Waals surface area contributed by atoms with Crippen molar-refractivity contribution in [2.75, 3.05) is 31.2 Å². The van der Waals surface area contributed by atoms with E-state index in [9.17, 15) is 14.4 Å². The lowest BCUT2D eigenvalue weighted by atomic mass is 9.97.